The van der Waals surface area contributed by atoms with Gasteiger partial charge in [-0.3, -0.25) is 4.79 Å². The maximum Gasteiger partial charge on any atom is 0.488 e. The third-order valence-electron chi connectivity index (χ3n) is 5.76. The number of hydrogen-bond acceptors (Lipinski definition) is 5. The molecule has 146 valence electrons. The Bertz CT molecular complexity index is 710. The van der Waals surface area contributed by atoms with E-state index >= 15 is 0 Å². The standard InChI is InChI=1S/C19H27BN2O4S/c1-11(16(23)12-4-6-13(7-5-12)20(25)26)8-9-19(2,3)17-15-14(10-27-17)21-18(24)22-15/h4-7,11,14-15,17,25-26H,8-10H2,1-3H3,(H2,21,22,24). The Hall–Kier alpha value is -1.51. The van der Waals surface area contributed by atoms with Gasteiger partial charge in [0.15, 0.2) is 5.78 Å². The molecule has 0 saturated carbocycles. The highest BCUT2D eigenvalue weighted by molar-refractivity contribution is 8.00. The van der Waals surface area contributed by atoms with E-state index < -0.39 is 7.12 Å². The number of rotatable bonds is 7. The molecule has 0 radical (unpaired) electrons. The van der Waals surface area contributed by atoms with Crippen LogP contribution in [0.25, 0.3) is 0 Å². The molecule has 2 fully saturated rings. The first-order valence-corrected chi connectivity index (χ1v) is 10.4. The molecule has 0 aliphatic carbocycles. The van der Waals surface area contributed by atoms with E-state index in [9.17, 15) is 9.59 Å². The molecule has 2 heterocycles. The Labute approximate surface area is 164 Å². The molecule has 6 nitrogen and oxygen atoms in total. The van der Waals surface area contributed by atoms with Gasteiger partial charge in [-0.05, 0) is 23.7 Å². The summed E-state index contributed by atoms with van der Waals surface area (Å²) >= 11 is 1.89. The number of hydrogen-bond donors (Lipinski definition) is 4. The smallest absolute Gasteiger partial charge is 0.423 e. The molecule has 4 N–H and O–H groups in total. The van der Waals surface area contributed by atoms with Crippen molar-refractivity contribution in [2.45, 2.75) is 50.9 Å². The first-order chi connectivity index (χ1) is 12.7. The van der Waals surface area contributed by atoms with Crippen molar-refractivity contribution in [3.05, 3.63) is 29.8 Å². The van der Waals surface area contributed by atoms with Gasteiger partial charge < -0.3 is 20.7 Å². The molecular formula is C19H27BN2O4S. The normalized spacial score (nSPS) is 25.5. The zero-order valence-electron chi connectivity index (χ0n) is 15.9. The lowest BCUT2D eigenvalue weighted by molar-refractivity contribution is 0.0913. The lowest BCUT2D eigenvalue weighted by atomic mass is 9.77. The highest BCUT2D eigenvalue weighted by Crippen LogP contribution is 2.44. The molecule has 2 amide bonds. The maximum absolute atomic E-state index is 12.7. The largest absolute Gasteiger partial charge is 0.488 e. The van der Waals surface area contributed by atoms with Gasteiger partial charge >= 0.3 is 13.1 Å². The Morgan fingerprint density at radius 3 is 2.59 bits per heavy atom. The van der Waals surface area contributed by atoms with Crippen LogP contribution in [0.2, 0.25) is 0 Å². The van der Waals surface area contributed by atoms with Crippen LogP contribution < -0.4 is 16.1 Å². The molecule has 0 aromatic heterocycles. The van der Waals surface area contributed by atoms with E-state index in [1.165, 1.54) is 0 Å². The first kappa shape index (κ1) is 20.2. The summed E-state index contributed by atoms with van der Waals surface area (Å²) in [5, 5.41) is 24.7. The van der Waals surface area contributed by atoms with Crippen molar-refractivity contribution in [1.82, 2.24) is 10.6 Å². The second-order valence-corrected chi connectivity index (χ2v) is 9.47. The van der Waals surface area contributed by atoms with E-state index in [2.05, 4.69) is 24.5 Å². The topological polar surface area (TPSA) is 98.7 Å². The molecular weight excluding hydrogens is 363 g/mol. The summed E-state index contributed by atoms with van der Waals surface area (Å²) in [6.45, 7) is 6.37. The monoisotopic (exact) mass is 390 g/mol. The Balaban J connectivity index is 1.58. The van der Waals surface area contributed by atoms with Crippen LogP contribution in [0, 0.1) is 11.3 Å². The fourth-order valence-corrected chi connectivity index (χ4v) is 5.71. The summed E-state index contributed by atoms with van der Waals surface area (Å²) in [7, 11) is -1.52. The fraction of sp³-hybridized carbons (Fsp3) is 0.579. The number of Topliss-reactive ketones (excluding diaryl/α,β-unsaturated/α-hetero) is 1. The lowest BCUT2D eigenvalue weighted by Crippen LogP contribution is -2.44. The van der Waals surface area contributed by atoms with Crippen LogP contribution in [-0.2, 0) is 0 Å². The van der Waals surface area contributed by atoms with Gasteiger partial charge in [0.1, 0.15) is 0 Å². The third-order valence-corrected chi connectivity index (χ3v) is 7.60. The van der Waals surface area contributed by atoms with Crippen molar-refractivity contribution in [3.63, 3.8) is 0 Å². The number of urea groups is 1. The summed E-state index contributed by atoms with van der Waals surface area (Å²) < 4.78 is 0. The number of nitrogens with one attached hydrogen (secondary N) is 2. The van der Waals surface area contributed by atoms with Crippen LogP contribution in [-0.4, -0.2) is 52.1 Å². The van der Waals surface area contributed by atoms with Crippen molar-refractivity contribution >= 4 is 36.2 Å². The zero-order chi connectivity index (χ0) is 19.8. The van der Waals surface area contributed by atoms with Crippen LogP contribution in [0.15, 0.2) is 24.3 Å². The molecule has 2 aliphatic heterocycles. The predicted octanol–water partition coefficient (Wildman–Crippen LogP) is 1.16. The Kier molecular flexibility index (Phi) is 5.89. The Morgan fingerprint density at radius 2 is 1.96 bits per heavy atom. The van der Waals surface area contributed by atoms with Gasteiger partial charge in [-0.1, -0.05) is 45.0 Å². The molecule has 4 atom stereocenters. The van der Waals surface area contributed by atoms with Crippen molar-refractivity contribution in [3.8, 4) is 0 Å². The van der Waals surface area contributed by atoms with Gasteiger partial charge in [0.2, 0.25) is 0 Å². The second-order valence-electron chi connectivity index (χ2n) is 8.29. The van der Waals surface area contributed by atoms with Gasteiger partial charge in [0, 0.05) is 22.5 Å². The summed E-state index contributed by atoms with van der Waals surface area (Å²) in [5.74, 6) is 0.875. The Morgan fingerprint density at radius 1 is 1.30 bits per heavy atom. The number of amides is 2. The van der Waals surface area contributed by atoms with Crippen molar-refractivity contribution in [2.24, 2.45) is 11.3 Å². The average molecular weight is 390 g/mol. The van der Waals surface area contributed by atoms with Crippen molar-refractivity contribution in [1.29, 1.82) is 0 Å². The van der Waals surface area contributed by atoms with Crippen LogP contribution in [0.4, 0.5) is 4.79 Å². The number of benzene rings is 1. The predicted molar refractivity (Wildman–Crippen MR) is 108 cm³/mol. The van der Waals surface area contributed by atoms with Gasteiger partial charge in [-0.25, -0.2) is 4.79 Å². The molecule has 3 rings (SSSR count). The number of carbonyl (C=O) groups excluding carboxylic acids is 2. The second kappa shape index (κ2) is 7.85. The van der Waals surface area contributed by atoms with E-state index in [4.69, 9.17) is 10.0 Å². The van der Waals surface area contributed by atoms with Gasteiger partial charge in [0.05, 0.1) is 12.1 Å². The molecule has 4 unspecified atom stereocenters. The van der Waals surface area contributed by atoms with Crippen LogP contribution >= 0.6 is 11.8 Å². The third kappa shape index (κ3) is 4.33. The minimum atomic E-state index is -1.52. The quantitative estimate of drug-likeness (QED) is 0.318. The number of ketones is 1. The summed E-state index contributed by atoms with van der Waals surface area (Å²) in [6.07, 6.45) is 1.66. The van der Waals surface area contributed by atoms with E-state index in [1.54, 1.807) is 24.3 Å². The zero-order valence-corrected chi connectivity index (χ0v) is 16.8. The highest BCUT2D eigenvalue weighted by atomic mass is 32.2. The highest BCUT2D eigenvalue weighted by Gasteiger charge is 2.49. The lowest BCUT2D eigenvalue weighted by Gasteiger charge is -2.35. The van der Waals surface area contributed by atoms with Crippen molar-refractivity contribution < 1.29 is 19.6 Å². The number of carbonyl (C=O) groups is 2. The van der Waals surface area contributed by atoms with Gasteiger partial charge in [-0.15, -0.1) is 0 Å². The first-order valence-electron chi connectivity index (χ1n) is 9.38. The minimum Gasteiger partial charge on any atom is -0.423 e. The van der Waals surface area contributed by atoms with Crippen LogP contribution in [0.1, 0.15) is 44.0 Å². The molecule has 0 bridgehead atoms. The molecule has 1 aromatic carbocycles. The molecule has 0 spiro atoms. The van der Waals surface area contributed by atoms with E-state index in [0.717, 1.165) is 18.6 Å². The maximum atomic E-state index is 12.7. The average Bonchev–Trinajstić information content (AvgIpc) is 3.18. The van der Waals surface area contributed by atoms with E-state index in [0.29, 0.717) is 16.3 Å². The van der Waals surface area contributed by atoms with Crippen molar-refractivity contribution in [2.75, 3.05) is 5.75 Å². The number of thioether (sulfide) groups is 1. The SMILES string of the molecule is CC(CCC(C)(C)C1SCC2NC(=O)NC21)C(=O)c1ccc(B(O)O)cc1. The number of fused-ring (bicyclic) bond motifs is 1. The molecule has 8 heteroatoms. The fourth-order valence-electron chi connectivity index (χ4n) is 3.97. The molecule has 2 saturated heterocycles. The molecule has 27 heavy (non-hydrogen) atoms. The minimum absolute atomic E-state index is 0.00276. The summed E-state index contributed by atoms with van der Waals surface area (Å²) in [6, 6.07) is 6.71. The van der Waals surface area contributed by atoms with Crippen LogP contribution in [0.3, 0.4) is 0 Å². The molecule has 1 aromatic rings. The van der Waals surface area contributed by atoms with E-state index in [-0.39, 0.29) is 35.2 Å². The van der Waals surface area contributed by atoms with Gasteiger partial charge in [-0.2, -0.15) is 11.8 Å². The molecule has 2 aliphatic rings. The van der Waals surface area contributed by atoms with Crippen LogP contribution in [0.5, 0.6) is 0 Å². The van der Waals surface area contributed by atoms with Gasteiger partial charge in [0.25, 0.3) is 0 Å². The van der Waals surface area contributed by atoms with E-state index in [1.807, 2.05) is 18.7 Å². The summed E-state index contributed by atoms with van der Waals surface area (Å²) in [4.78, 5) is 24.3. The summed E-state index contributed by atoms with van der Waals surface area (Å²) in [5.41, 5.74) is 0.968.